The Balaban J connectivity index is 1.61. The fourth-order valence-corrected chi connectivity index (χ4v) is 5.52. The van der Waals surface area contributed by atoms with Crippen molar-refractivity contribution in [1.82, 2.24) is 15.6 Å². The average Bonchev–Trinajstić information content (AvgIpc) is 3.44. The first-order valence-corrected chi connectivity index (χ1v) is 17.3. The molecule has 0 bridgehead atoms. The lowest BCUT2D eigenvalue weighted by Gasteiger charge is -2.26. The van der Waals surface area contributed by atoms with E-state index < -0.39 is 41.0 Å². The molecule has 9 nitrogen and oxygen atoms in total. The van der Waals surface area contributed by atoms with Gasteiger partial charge in [-0.3, -0.25) is 9.59 Å². The second kappa shape index (κ2) is 16.6. The molecule has 1 aromatic heterocycles. The third-order valence-electron chi connectivity index (χ3n) is 8.42. The Morgan fingerprint density at radius 1 is 0.882 bits per heavy atom. The van der Waals surface area contributed by atoms with Crippen LogP contribution >= 0.6 is 0 Å². The van der Waals surface area contributed by atoms with Gasteiger partial charge in [-0.2, -0.15) is 0 Å². The molecule has 0 fully saturated rings. The molecule has 4 N–H and O–H groups in total. The normalized spacial score (nSPS) is 12.7. The van der Waals surface area contributed by atoms with Gasteiger partial charge in [-0.25, -0.2) is 4.79 Å². The van der Waals surface area contributed by atoms with Crippen molar-refractivity contribution in [3.63, 3.8) is 0 Å². The van der Waals surface area contributed by atoms with Crippen LogP contribution in [-0.2, 0) is 39.2 Å². The number of fused-ring (bicyclic) bond motifs is 1. The average molecular weight is 693 g/mol. The Morgan fingerprint density at radius 2 is 1.57 bits per heavy atom. The second-order valence-electron chi connectivity index (χ2n) is 14.7. The monoisotopic (exact) mass is 692 g/mol. The maximum absolute atomic E-state index is 14.1. The fraction of sp³-hybridized carbons (Fsp3) is 0.357. The first kappa shape index (κ1) is 38.5. The summed E-state index contributed by atoms with van der Waals surface area (Å²) in [6.07, 6.45) is 4.18. The van der Waals surface area contributed by atoms with E-state index in [9.17, 15) is 14.4 Å². The predicted molar refractivity (Wildman–Crippen MR) is 205 cm³/mol. The molecule has 0 aliphatic heterocycles. The van der Waals surface area contributed by atoms with Crippen LogP contribution in [0.5, 0.6) is 5.75 Å². The zero-order valence-electron chi connectivity index (χ0n) is 31.1. The highest BCUT2D eigenvalue weighted by Gasteiger charge is 2.32. The van der Waals surface area contributed by atoms with E-state index in [-0.39, 0.29) is 6.42 Å². The zero-order chi connectivity index (χ0) is 37.3. The Hall–Kier alpha value is -5.31. The minimum absolute atomic E-state index is 0.133. The van der Waals surface area contributed by atoms with E-state index in [2.05, 4.69) is 59.6 Å². The topological polar surface area (TPSA) is 122 Å². The Morgan fingerprint density at radius 3 is 2.24 bits per heavy atom. The van der Waals surface area contributed by atoms with E-state index in [1.54, 1.807) is 45.9 Å². The summed E-state index contributed by atoms with van der Waals surface area (Å²) in [7, 11) is 0. The number of carbonyl (C=O) groups excluding carboxylic acids is 3. The summed E-state index contributed by atoms with van der Waals surface area (Å²) in [5.41, 5.74) is 5.19. The van der Waals surface area contributed by atoms with Crippen molar-refractivity contribution in [3.05, 3.63) is 119 Å². The number of hydrogen-bond acceptors (Lipinski definition) is 5. The van der Waals surface area contributed by atoms with Crippen molar-refractivity contribution in [1.29, 1.82) is 0 Å². The molecule has 51 heavy (non-hydrogen) atoms. The number of aromatic nitrogens is 1. The number of allylic oxidation sites excluding steroid dienone is 3. The number of benzene rings is 3. The van der Waals surface area contributed by atoms with Gasteiger partial charge in [0, 0.05) is 28.4 Å². The number of anilines is 1. The van der Waals surface area contributed by atoms with Gasteiger partial charge in [-0.1, -0.05) is 80.1 Å². The van der Waals surface area contributed by atoms with Gasteiger partial charge in [0.25, 0.3) is 0 Å². The molecule has 3 amide bonds. The summed E-state index contributed by atoms with van der Waals surface area (Å²) < 4.78 is 11.6. The van der Waals surface area contributed by atoms with Crippen LogP contribution in [0.25, 0.3) is 10.9 Å². The number of alkyl carbamates (subject to hydrolysis) is 1. The van der Waals surface area contributed by atoms with E-state index in [4.69, 9.17) is 9.47 Å². The molecule has 1 heterocycles. The third kappa shape index (κ3) is 10.8. The molecule has 0 unspecified atom stereocenters. The van der Waals surface area contributed by atoms with Gasteiger partial charge in [-0.15, -0.1) is 6.58 Å². The molecule has 0 radical (unpaired) electrons. The summed E-state index contributed by atoms with van der Waals surface area (Å²) in [5, 5.41) is 9.44. The summed E-state index contributed by atoms with van der Waals surface area (Å²) >= 11 is 0. The molecule has 0 aliphatic rings. The van der Waals surface area contributed by atoms with E-state index in [1.807, 2.05) is 62.4 Å². The van der Waals surface area contributed by atoms with E-state index >= 15 is 0 Å². The summed E-state index contributed by atoms with van der Waals surface area (Å²) in [6, 6.07) is 21.1. The molecule has 270 valence electrons. The zero-order valence-corrected chi connectivity index (χ0v) is 31.1. The first-order chi connectivity index (χ1) is 24.1. The Bertz CT molecular complexity index is 1880. The van der Waals surface area contributed by atoms with Crippen molar-refractivity contribution >= 4 is 34.5 Å². The van der Waals surface area contributed by atoms with Crippen LogP contribution < -0.4 is 20.7 Å². The molecule has 0 spiro atoms. The molecular formula is C42H52N4O5. The van der Waals surface area contributed by atoms with Gasteiger partial charge >= 0.3 is 6.09 Å². The predicted octanol–water partition coefficient (Wildman–Crippen LogP) is 8.30. The maximum atomic E-state index is 14.1. The molecular weight excluding hydrogens is 640 g/mol. The van der Waals surface area contributed by atoms with Crippen LogP contribution in [0, 0.1) is 0 Å². The molecule has 4 rings (SSSR count). The van der Waals surface area contributed by atoms with Crippen LogP contribution in [0.15, 0.2) is 97.1 Å². The minimum Gasteiger partial charge on any atom is -0.487 e. The van der Waals surface area contributed by atoms with Crippen LogP contribution in [0.1, 0.15) is 77.8 Å². The lowest BCUT2D eigenvalue weighted by atomic mass is 9.84. The highest BCUT2D eigenvalue weighted by Crippen LogP contribution is 2.34. The van der Waals surface area contributed by atoms with Crippen molar-refractivity contribution < 1.29 is 23.9 Å². The van der Waals surface area contributed by atoms with Gasteiger partial charge in [-0.05, 0) is 88.9 Å². The number of rotatable bonds is 14. The summed E-state index contributed by atoms with van der Waals surface area (Å²) in [4.78, 5) is 44.2. The number of ether oxygens (including phenoxy) is 2. The van der Waals surface area contributed by atoms with Crippen molar-refractivity contribution in [2.45, 2.75) is 97.9 Å². The van der Waals surface area contributed by atoms with E-state index in [0.717, 1.165) is 39.7 Å². The largest absolute Gasteiger partial charge is 0.487 e. The molecule has 0 saturated heterocycles. The Labute approximate surface area is 301 Å². The lowest BCUT2D eigenvalue weighted by molar-refractivity contribution is -0.127. The van der Waals surface area contributed by atoms with Gasteiger partial charge in [0.15, 0.2) is 0 Å². The molecule has 3 aromatic carbocycles. The van der Waals surface area contributed by atoms with E-state index in [0.29, 0.717) is 18.0 Å². The standard InChI is InChI=1S/C42H52N4O5/c1-10-42(8,9)37-32(31-24-29(21-20-27(2)3)22-23-33(31)44-37)25-35(46-40(49)51-41(5,6)7)39(48)43-28(4)38(47)45-34-18-14-15-19-36(34)50-26-30-16-12-11-13-17-30/h10-20,22-24,28,35,44H,1,21,25-26H2,2-9H3,(H,43,48)(H,45,47)(H,46,49)/t28-,35-/m0/s1. The molecule has 9 heteroatoms. The van der Waals surface area contributed by atoms with E-state index in [1.165, 1.54) is 5.57 Å². The molecule has 2 atom stereocenters. The summed E-state index contributed by atoms with van der Waals surface area (Å²) in [6.45, 7) is 19.5. The minimum atomic E-state index is -1.07. The molecule has 0 aliphatic carbocycles. The third-order valence-corrected chi connectivity index (χ3v) is 8.42. The highest BCUT2D eigenvalue weighted by molar-refractivity contribution is 5.99. The Kier molecular flexibility index (Phi) is 12.5. The smallest absolute Gasteiger partial charge is 0.408 e. The first-order valence-electron chi connectivity index (χ1n) is 17.3. The number of hydrogen-bond donors (Lipinski definition) is 4. The van der Waals surface area contributed by atoms with Crippen molar-refractivity contribution in [2.75, 3.05) is 5.32 Å². The molecule has 0 saturated carbocycles. The van der Waals surface area contributed by atoms with Crippen LogP contribution in [0.4, 0.5) is 10.5 Å². The second-order valence-corrected chi connectivity index (χ2v) is 14.7. The fourth-order valence-electron chi connectivity index (χ4n) is 5.52. The van der Waals surface area contributed by atoms with Crippen LogP contribution in [0.3, 0.4) is 0 Å². The van der Waals surface area contributed by atoms with Gasteiger partial charge in [0.1, 0.15) is 30.0 Å². The van der Waals surface area contributed by atoms with Crippen LogP contribution in [0.2, 0.25) is 0 Å². The quantitative estimate of drug-likeness (QED) is 0.0991. The highest BCUT2D eigenvalue weighted by atomic mass is 16.6. The molecule has 4 aromatic rings. The SMILES string of the molecule is C=CC(C)(C)c1[nH]c2ccc(CC=C(C)C)cc2c1C[C@H](NC(=O)OC(C)(C)C)C(=O)N[C@@H](C)C(=O)Nc1ccccc1OCc1ccccc1. The van der Waals surface area contributed by atoms with Crippen molar-refractivity contribution in [2.24, 2.45) is 0 Å². The summed E-state index contributed by atoms with van der Waals surface area (Å²) in [5.74, 6) is -0.479. The van der Waals surface area contributed by atoms with Gasteiger partial charge in [0.2, 0.25) is 11.8 Å². The number of aromatic amines is 1. The number of carbonyl (C=O) groups is 3. The van der Waals surface area contributed by atoms with Crippen molar-refractivity contribution in [3.8, 4) is 5.75 Å². The number of nitrogens with one attached hydrogen (secondary N) is 4. The number of amides is 3. The number of H-pyrrole nitrogens is 1. The van der Waals surface area contributed by atoms with Crippen LogP contribution in [-0.4, -0.2) is 40.6 Å². The number of para-hydroxylation sites is 2. The van der Waals surface area contributed by atoms with Gasteiger partial charge in [0.05, 0.1) is 5.69 Å². The lowest BCUT2D eigenvalue weighted by Crippen LogP contribution is -2.53. The van der Waals surface area contributed by atoms with Gasteiger partial charge < -0.3 is 30.4 Å². The maximum Gasteiger partial charge on any atom is 0.408 e.